The van der Waals surface area contributed by atoms with Crippen LogP contribution >= 0.6 is 0 Å². The van der Waals surface area contributed by atoms with Gasteiger partial charge in [0.1, 0.15) is 133 Å². The van der Waals surface area contributed by atoms with Gasteiger partial charge >= 0.3 is 5.97 Å². The molecule has 0 amide bonds. The summed E-state index contributed by atoms with van der Waals surface area (Å²) in [6.45, 7) is -0.509. The number of hydrogen-bond donors (Lipinski definition) is 15. The van der Waals surface area contributed by atoms with E-state index in [0.29, 0.717) is 5.56 Å². The van der Waals surface area contributed by atoms with E-state index in [9.17, 15) is 81.4 Å². The third-order valence-corrected chi connectivity index (χ3v) is 12.7. The van der Waals surface area contributed by atoms with E-state index in [2.05, 4.69) is 0 Å². The predicted octanol–water partition coefficient (Wildman–Crippen LogP) is -4.54. The van der Waals surface area contributed by atoms with E-state index >= 15 is 0 Å². The number of carbonyl (C=O) groups excluding carboxylic acids is 1. The molecule has 26 heteroatoms. The van der Waals surface area contributed by atoms with Gasteiger partial charge in [0.15, 0.2) is 12.4 Å². The number of rotatable bonds is 14. The number of benzene rings is 3. The molecule has 4 fully saturated rings. The Kier molecular flexibility index (Phi) is 16.4. The van der Waals surface area contributed by atoms with Gasteiger partial charge in [0.25, 0.3) is 0 Å². The molecule has 0 saturated carbocycles. The van der Waals surface area contributed by atoms with Crippen LogP contribution < -0.4 is 14.2 Å². The number of aliphatic hydroxyl groups excluding tert-OH is 13. The van der Waals surface area contributed by atoms with Crippen LogP contribution in [0.15, 0.2) is 66.4 Å². The summed E-state index contributed by atoms with van der Waals surface area (Å²) in [5.41, 5.74) is 0.264. The summed E-state index contributed by atoms with van der Waals surface area (Å²) in [7, 11) is 0. The number of phenolic OH excluding ortho intramolecular Hbond substituents is 2. The van der Waals surface area contributed by atoms with Crippen molar-refractivity contribution >= 4 is 12.0 Å². The molecule has 26 nitrogen and oxygen atoms in total. The van der Waals surface area contributed by atoms with Crippen molar-refractivity contribution in [1.29, 1.82) is 0 Å². The summed E-state index contributed by atoms with van der Waals surface area (Å²) < 4.78 is 56.9. The molecule has 5 heterocycles. The van der Waals surface area contributed by atoms with Gasteiger partial charge in [0.05, 0.1) is 30.4 Å². The Morgan fingerprint density at radius 2 is 1.06 bits per heavy atom. The van der Waals surface area contributed by atoms with Crippen molar-refractivity contribution in [3.63, 3.8) is 0 Å². The van der Waals surface area contributed by atoms with Crippen LogP contribution in [0.4, 0.5) is 0 Å². The minimum atomic E-state index is -1.91. The van der Waals surface area contributed by atoms with Crippen molar-refractivity contribution in [2.45, 2.75) is 136 Å². The Hall–Kier alpha value is -5.05. The lowest BCUT2D eigenvalue weighted by Crippen LogP contribution is -2.61. The lowest BCUT2D eigenvalue weighted by molar-refractivity contribution is -0.324. The Morgan fingerprint density at radius 1 is 0.542 bits per heavy atom. The molecule has 8 rings (SSSR count). The first-order chi connectivity index (χ1) is 34.2. The molecular weight excluding hydrogens is 968 g/mol. The average Bonchev–Trinajstić information content (AvgIpc) is 3.37. The lowest BCUT2D eigenvalue weighted by Gasteiger charge is -2.43. The summed E-state index contributed by atoms with van der Waals surface area (Å²) in [4.78, 5) is 13.0. The zero-order valence-corrected chi connectivity index (χ0v) is 37.8. The monoisotopic (exact) mass is 1020 g/mol. The standard InChI is InChI=1S/C46H56O26/c1-16-29(50)33(54)37(58)43(65-16)64-15-28-32(53)36(57)40(61)46(72-28)69-25-12-22-23(49)10-21(11-24(22)68-41(25)17-2-6-19(48)7-3-17)67-45-39(60)35(56)31(52)27(71-45)14-63-42(62)18-4-8-20(9-5-18)66-44-38(59)34(55)30(51)26(13-47)70-44/h2-12,16,26-41,43-61H,13-15H2,1H3. The van der Waals surface area contributed by atoms with Crippen molar-refractivity contribution in [3.8, 4) is 28.7 Å². The van der Waals surface area contributed by atoms with Gasteiger partial charge in [-0.2, -0.15) is 0 Å². The maximum Gasteiger partial charge on any atom is 0.338 e. The number of ether oxygens (including phenoxy) is 10. The van der Waals surface area contributed by atoms with Crippen LogP contribution in [0, 0.1) is 0 Å². The second kappa shape index (κ2) is 22.2. The molecule has 21 atom stereocenters. The normalized spacial score (nSPS) is 38.9. The highest BCUT2D eigenvalue weighted by molar-refractivity contribution is 5.89. The van der Waals surface area contributed by atoms with Crippen molar-refractivity contribution in [2.24, 2.45) is 0 Å². The maximum atomic E-state index is 13.0. The Bertz CT molecular complexity index is 2330. The number of hydrogen-bond acceptors (Lipinski definition) is 26. The molecule has 5 aliphatic rings. The summed E-state index contributed by atoms with van der Waals surface area (Å²) >= 11 is 0. The zero-order valence-electron chi connectivity index (χ0n) is 37.8. The van der Waals surface area contributed by atoms with E-state index in [0.717, 1.165) is 6.07 Å². The molecule has 5 aliphatic heterocycles. The maximum absolute atomic E-state index is 13.0. The first-order valence-corrected chi connectivity index (χ1v) is 22.6. The van der Waals surface area contributed by atoms with Gasteiger partial charge in [-0.25, -0.2) is 4.79 Å². The Labute approximate surface area is 407 Å². The summed E-state index contributed by atoms with van der Waals surface area (Å²) in [5, 5.41) is 157. The highest BCUT2D eigenvalue weighted by Gasteiger charge is 2.50. The first-order valence-electron chi connectivity index (χ1n) is 22.6. The van der Waals surface area contributed by atoms with E-state index in [1.807, 2.05) is 0 Å². The van der Waals surface area contributed by atoms with Crippen LogP contribution in [0.25, 0.3) is 6.08 Å². The first kappa shape index (κ1) is 53.2. The van der Waals surface area contributed by atoms with Gasteiger partial charge in [0.2, 0.25) is 18.9 Å². The van der Waals surface area contributed by atoms with Crippen molar-refractivity contribution in [1.82, 2.24) is 0 Å². The van der Waals surface area contributed by atoms with Crippen molar-refractivity contribution in [3.05, 3.63) is 83.1 Å². The zero-order chi connectivity index (χ0) is 51.9. The largest absolute Gasteiger partial charge is 0.508 e. The average molecular weight is 1020 g/mol. The molecule has 4 saturated heterocycles. The lowest BCUT2D eigenvalue weighted by atomic mass is 9.98. The topological polar surface area (TPSA) is 413 Å². The van der Waals surface area contributed by atoms with E-state index in [1.54, 1.807) is 0 Å². The van der Waals surface area contributed by atoms with Crippen LogP contribution in [-0.2, 0) is 33.2 Å². The molecule has 3 aromatic carbocycles. The third-order valence-electron chi connectivity index (χ3n) is 12.7. The number of carbonyl (C=O) groups is 1. The fourth-order valence-electron chi connectivity index (χ4n) is 8.40. The quantitative estimate of drug-likeness (QED) is 0.0676. The Balaban J connectivity index is 0.940. The summed E-state index contributed by atoms with van der Waals surface area (Å²) in [5.74, 6) is -1.94. The number of aliphatic hydroxyl groups is 13. The van der Waals surface area contributed by atoms with Gasteiger partial charge in [-0.05, 0) is 49.4 Å². The Morgan fingerprint density at radius 3 is 1.65 bits per heavy atom. The highest BCUT2D eigenvalue weighted by atomic mass is 16.7. The van der Waals surface area contributed by atoms with Crippen LogP contribution in [0.5, 0.6) is 28.7 Å². The molecule has 21 unspecified atom stereocenters. The van der Waals surface area contributed by atoms with Crippen LogP contribution in [0.1, 0.15) is 34.5 Å². The van der Waals surface area contributed by atoms with E-state index < -0.39 is 160 Å². The number of aromatic hydroxyl groups is 2. The molecule has 0 spiro atoms. The predicted molar refractivity (Wildman–Crippen MR) is 232 cm³/mol. The number of phenols is 2. The van der Waals surface area contributed by atoms with Gasteiger partial charge in [-0.3, -0.25) is 0 Å². The molecule has 72 heavy (non-hydrogen) atoms. The number of fused-ring (bicyclic) bond motifs is 1. The second-order valence-corrected chi connectivity index (χ2v) is 17.7. The minimum absolute atomic E-state index is 0.0321. The van der Waals surface area contributed by atoms with Gasteiger partial charge in [0, 0.05) is 17.7 Å². The molecule has 0 radical (unpaired) electrons. The molecular formula is C46H56O26. The molecule has 3 aromatic rings. The second-order valence-electron chi connectivity index (χ2n) is 17.7. The van der Waals surface area contributed by atoms with E-state index in [-0.39, 0.29) is 39.9 Å². The SMILES string of the molecule is CC1OC(OCC2OC(OC3=Cc4c(O)cc(OC5OC(COC(=O)c6ccc(OC7OC(CO)C(O)C(O)C7O)cc6)C(O)C(O)C5O)cc4OC3c3ccc(O)cc3)C(O)C(O)C2O)C(O)C(O)C1O. The van der Waals surface area contributed by atoms with Crippen LogP contribution in [0.2, 0.25) is 0 Å². The van der Waals surface area contributed by atoms with Gasteiger partial charge < -0.3 is 124 Å². The smallest absolute Gasteiger partial charge is 0.338 e. The fraction of sp³-hybridized carbons (Fsp3) is 0.543. The molecule has 15 N–H and O–H groups in total. The third kappa shape index (κ3) is 11.1. The van der Waals surface area contributed by atoms with Crippen molar-refractivity contribution in [2.75, 3.05) is 19.8 Å². The fourth-order valence-corrected chi connectivity index (χ4v) is 8.40. The minimum Gasteiger partial charge on any atom is -0.508 e. The van der Waals surface area contributed by atoms with Gasteiger partial charge in [-0.15, -0.1) is 0 Å². The van der Waals surface area contributed by atoms with Gasteiger partial charge in [-0.1, -0.05) is 12.1 Å². The van der Waals surface area contributed by atoms with Crippen LogP contribution in [0.3, 0.4) is 0 Å². The summed E-state index contributed by atoms with van der Waals surface area (Å²) in [6, 6.07) is 13.1. The molecule has 0 bridgehead atoms. The highest BCUT2D eigenvalue weighted by Crippen LogP contribution is 2.45. The van der Waals surface area contributed by atoms with Crippen LogP contribution in [-0.4, -0.2) is 225 Å². The molecule has 396 valence electrons. The van der Waals surface area contributed by atoms with E-state index in [1.165, 1.54) is 67.6 Å². The molecule has 0 aliphatic carbocycles. The number of esters is 1. The van der Waals surface area contributed by atoms with Crippen molar-refractivity contribution < 1.29 is 129 Å². The molecule has 0 aromatic heterocycles. The summed E-state index contributed by atoms with van der Waals surface area (Å²) in [6.07, 6.45) is -32.5. The van der Waals surface area contributed by atoms with E-state index in [4.69, 9.17) is 47.4 Å².